The summed E-state index contributed by atoms with van der Waals surface area (Å²) >= 11 is 12.1. The molecule has 0 amide bonds. The molecule has 17 heavy (non-hydrogen) atoms. The number of anilines is 1. The fraction of sp³-hybridized carbons (Fsp3) is 0.571. The van der Waals surface area contributed by atoms with Gasteiger partial charge in [0.2, 0.25) is 0 Å². The van der Waals surface area contributed by atoms with Crippen LogP contribution < -0.4 is 4.90 Å². The first-order valence-electron chi connectivity index (χ1n) is 6.37. The molecule has 0 aromatic heterocycles. The van der Waals surface area contributed by atoms with Gasteiger partial charge in [-0.25, -0.2) is 0 Å². The minimum absolute atomic E-state index is 0.555. The van der Waals surface area contributed by atoms with E-state index in [1.165, 1.54) is 36.9 Å². The predicted octanol–water partition coefficient (Wildman–Crippen LogP) is 4.85. The second-order valence-electron chi connectivity index (χ2n) is 4.66. The molecule has 0 bridgehead atoms. The molecular weight excluding hydrogens is 253 g/mol. The molecule has 1 aromatic rings. The van der Waals surface area contributed by atoms with Gasteiger partial charge in [-0.3, -0.25) is 0 Å². The van der Waals surface area contributed by atoms with Gasteiger partial charge in [0.15, 0.2) is 0 Å². The molecule has 94 valence electrons. The van der Waals surface area contributed by atoms with E-state index in [-0.39, 0.29) is 0 Å². The summed E-state index contributed by atoms with van der Waals surface area (Å²) in [5.74, 6) is 0.555. The van der Waals surface area contributed by atoms with Crippen molar-refractivity contribution in [3.8, 4) is 0 Å². The Morgan fingerprint density at radius 3 is 2.88 bits per heavy atom. The van der Waals surface area contributed by atoms with E-state index >= 15 is 0 Å². The third-order valence-corrected chi connectivity index (χ3v) is 4.12. The fourth-order valence-corrected chi connectivity index (χ4v) is 3.05. The van der Waals surface area contributed by atoms with Crippen molar-refractivity contribution in [1.29, 1.82) is 0 Å². The molecule has 1 fully saturated rings. The van der Waals surface area contributed by atoms with Crippen LogP contribution in [0.4, 0.5) is 5.69 Å². The smallest absolute Gasteiger partial charge is 0.0494 e. The Labute approximate surface area is 114 Å². The van der Waals surface area contributed by atoms with Crippen LogP contribution in [0.15, 0.2) is 18.2 Å². The van der Waals surface area contributed by atoms with Gasteiger partial charge < -0.3 is 4.90 Å². The van der Waals surface area contributed by atoms with E-state index in [2.05, 4.69) is 17.9 Å². The SMILES string of the molecule is CCC1CCCCN1c1cc(Cl)ccc1CCl. The van der Waals surface area contributed by atoms with E-state index in [0.29, 0.717) is 11.9 Å². The number of piperidine rings is 1. The monoisotopic (exact) mass is 271 g/mol. The fourth-order valence-electron chi connectivity index (χ4n) is 2.66. The van der Waals surface area contributed by atoms with E-state index in [1.54, 1.807) is 0 Å². The zero-order valence-corrected chi connectivity index (χ0v) is 11.8. The second-order valence-corrected chi connectivity index (χ2v) is 5.36. The highest BCUT2D eigenvalue weighted by molar-refractivity contribution is 6.31. The van der Waals surface area contributed by atoms with Crippen molar-refractivity contribution in [2.45, 2.75) is 44.5 Å². The Bertz CT molecular complexity index is 378. The molecule has 1 saturated heterocycles. The summed E-state index contributed by atoms with van der Waals surface area (Å²) in [5, 5.41) is 0.800. The number of rotatable bonds is 3. The van der Waals surface area contributed by atoms with E-state index in [0.717, 1.165) is 11.6 Å². The van der Waals surface area contributed by atoms with Crippen molar-refractivity contribution < 1.29 is 0 Å². The highest BCUT2D eigenvalue weighted by Gasteiger charge is 2.22. The summed E-state index contributed by atoms with van der Waals surface area (Å²) in [5.41, 5.74) is 2.43. The quantitative estimate of drug-likeness (QED) is 0.711. The van der Waals surface area contributed by atoms with Crippen molar-refractivity contribution in [3.63, 3.8) is 0 Å². The van der Waals surface area contributed by atoms with E-state index in [4.69, 9.17) is 23.2 Å². The topological polar surface area (TPSA) is 3.24 Å². The first-order valence-corrected chi connectivity index (χ1v) is 7.28. The molecule has 3 heteroatoms. The predicted molar refractivity (Wildman–Crippen MR) is 76.3 cm³/mol. The van der Waals surface area contributed by atoms with Gasteiger partial charge in [0.25, 0.3) is 0 Å². The Morgan fingerprint density at radius 1 is 1.35 bits per heavy atom. The molecule has 1 aliphatic heterocycles. The van der Waals surface area contributed by atoms with Gasteiger partial charge in [-0.05, 0) is 43.4 Å². The summed E-state index contributed by atoms with van der Waals surface area (Å²) in [6.07, 6.45) is 5.08. The molecule has 0 N–H and O–H groups in total. The van der Waals surface area contributed by atoms with Gasteiger partial charge in [0.1, 0.15) is 0 Å². The minimum atomic E-state index is 0.555. The van der Waals surface area contributed by atoms with Crippen molar-refractivity contribution in [3.05, 3.63) is 28.8 Å². The minimum Gasteiger partial charge on any atom is -0.368 e. The Balaban J connectivity index is 2.33. The molecule has 0 aliphatic carbocycles. The highest BCUT2D eigenvalue weighted by Crippen LogP contribution is 2.32. The largest absolute Gasteiger partial charge is 0.368 e. The average molecular weight is 272 g/mol. The summed E-state index contributed by atoms with van der Waals surface area (Å²) in [6.45, 7) is 3.39. The number of benzene rings is 1. The normalized spacial score (nSPS) is 20.6. The molecule has 1 heterocycles. The summed E-state index contributed by atoms with van der Waals surface area (Å²) in [7, 11) is 0. The van der Waals surface area contributed by atoms with Crippen molar-refractivity contribution in [2.24, 2.45) is 0 Å². The molecule has 1 unspecified atom stereocenters. The third kappa shape index (κ3) is 2.89. The van der Waals surface area contributed by atoms with Crippen LogP contribution in [0.1, 0.15) is 38.2 Å². The van der Waals surface area contributed by atoms with Gasteiger partial charge in [-0.1, -0.05) is 24.6 Å². The van der Waals surface area contributed by atoms with Gasteiger partial charge >= 0.3 is 0 Å². The van der Waals surface area contributed by atoms with Gasteiger partial charge in [0, 0.05) is 29.2 Å². The molecule has 0 saturated carbocycles. The van der Waals surface area contributed by atoms with Gasteiger partial charge in [-0.2, -0.15) is 0 Å². The lowest BCUT2D eigenvalue weighted by molar-refractivity contribution is 0.449. The van der Waals surface area contributed by atoms with Crippen molar-refractivity contribution in [1.82, 2.24) is 0 Å². The number of halogens is 2. The summed E-state index contributed by atoms with van der Waals surface area (Å²) in [6, 6.07) is 6.68. The summed E-state index contributed by atoms with van der Waals surface area (Å²) < 4.78 is 0. The molecule has 1 aromatic carbocycles. The van der Waals surface area contributed by atoms with Crippen LogP contribution in [0.2, 0.25) is 5.02 Å². The molecule has 0 radical (unpaired) electrons. The number of hydrogen-bond acceptors (Lipinski definition) is 1. The van der Waals surface area contributed by atoms with Crippen LogP contribution in [-0.2, 0) is 5.88 Å². The second kappa shape index (κ2) is 5.97. The van der Waals surface area contributed by atoms with Gasteiger partial charge in [0.05, 0.1) is 0 Å². The van der Waals surface area contributed by atoms with E-state index in [9.17, 15) is 0 Å². The first kappa shape index (κ1) is 13.0. The lowest BCUT2D eigenvalue weighted by atomic mass is 9.98. The molecule has 0 spiro atoms. The highest BCUT2D eigenvalue weighted by atomic mass is 35.5. The molecule has 1 atom stereocenters. The zero-order valence-electron chi connectivity index (χ0n) is 10.3. The van der Waals surface area contributed by atoms with E-state index < -0.39 is 0 Å². The number of alkyl halides is 1. The molecular formula is C14H19Cl2N. The maximum Gasteiger partial charge on any atom is 0.0494 e. The number of nitrogens with zero attached hydrogens (tertiary/aromatic N) is 1. The van der Waals surface area contributed by atoms with Crippen LogP contribution in [0.25, 0.3) is 0 Å². The maximum atomic E-state index is 6.11. The lowest BCUT2D eigenvalue weighted by Gasteiger charge is -2.38. The number of hydrogen-bond donors (Lipinski definition) is 0. The maximum absolute atomic E-state index is 6.11. The molecule has 1 aliphatic rings. The average Bonchev–Trinajstić information content (AvgIpc) is 2.38. The van der Waals surface area contributed by atoms with E-state index in [1.807, 2.05) is 12.1 Å². The van der Waals surface area contributed by atoms with Crippen LogP contribution in [0.5, 0.6) is 0 Å². The van der Waals surface area contributed by atoms with Gasteiger partial charge in [-0.15, -0.1) is 11.6 Å². The first-order chi connectivity index (χ1) is 8.26. The molecule has 1 nitrogen and oxygen atoms in total. The lowest BCUT2D eigenvalue weighted by Crippen LogP contribution is -2.39. The zero-order chi connectivity index (χ0) is 12.3. The van der Waals surface area contributed by atoms with Crippen LogP contribution in [0, 0.1) is 0 Å². The Kier molecular flexibility index (Phi) is 4.58. The molecule has 2 rings (SSSR count). The van der Waals surface area contributed by atoms with Crippen molar-refractivity contribution in [2.75, 3.05) is 11.4 Å². The third-order valence-electron chi connectivity index (χ3n) is 3.60. The summed E-state index contributed by atoms with van der Waals surface area (Å²) in [4.78, 5) is 2.49. The Hall–Kier alpha value is -0.400. The van der Waals surface area contributed by atoms with Crippen LogP contribution in [-0.4, -0.2) is 12.6 Å². The van der Waals surface area contributed by atoms with Crippen LogP contribution >= 0.6 is 23.2 Å². The van der Waals surface area contributed by atoms with Crippen molar-refractivity contribution >= 4 is 28.9 Å². The Morgan fingerprint density at radius 2 is 2.18 bits per heavy atom. The standard InChI is InChI=1S/C14H19Cl2N/c1-2-13-5-3-4-8-17(13)14-9-12(16)7-6-11(14)10-15/h6-7,9,13H,2-5,8,10H2,1H3. The van der Waals surface area contributed by atoms with Crippen LogP contribution in [0.3, 0.4) is 0 Å².